The van der Waals surface area contributed by atoms with Crippen LogP contribution < -0.4 is 5.56 Å². The van der Waals surface area contributed by atoms with Crippen LogP contribution in [-0.4, -0.2) is 20.0 Å². The van der Waals surface area contributed by atoms with Gasteiger partial charge in [-0.2, -0.15) is 0 Å². The summed E-state index contributed by atoms with van der Waals surface area (Å²) >= 11 is 0. The molecule has 2 N–H and O–H groups in total. The highest BCUT2D eigenvalue weighted by Gasteiger charge is 2.08. The lowest BCUT2D eigenvalue weighted by molar-refractivity contribution is -0.384. The van der Waals surface area contributed by atoms with Gasteiger partial charge in [0.15, 0.2) is 0 Å². The van der Waals surface area contributed by atoms with Crippen molar-refractivity contribution in [2.45, 2.75) is 0 Å². The number of fused-ring (bicyclic) bond motifs is 1. The molecule has 3 aromatic rings. The van der Waals surface area contributed by atoms with Crippen molar-refractivity contribution in [3.8, 4) is 0 Å². The van der Waals surface area contributed by atoms with Crippen LogP contribution in [0.1, 0.15) is 11.3 Å². The summed E-state index contributed by atoms with van der Waals surface area (Å²) in [6.45, 7) is 0. The van der Waals surface area contributed by atoms with Crippen LogP contribution in [0.2, 0.25) is 0 Å². The summed E-state index contributed by atoms with van der Waals surface area (Å²) in [5.41, 5.74) is 1.09. The number of nitro benzene ring substituents is 1. The Hall–Kier alpha value is -3.48. The second kappa shape index (κ2) is 5.72. The number of hydrogen-bond donors (Lipinski definition) is 2. The number of H-pyrrole nitrogens is 1. The van der Waals surface area contributed by atoms with E-state index in [1.54, 1.807) is 24.3 Å². The van der Waals surface area contributed by atoms with Crippen molar-refractivity contribution in [2.75, 3.05) is 0 Å². The van der Waals surface area contributed by atoms with Gasteiger partial charge >= 0.3 is 0 Å². The molecule has 0 fully saturated rings. The van der Waals surface area contributed by atoms with E-state index in [-0.39, 0.29) is 17.1 Å². The Morgan fingerprint density at radius 2 is 1.87 bits per heavy atom. The highest BCUT2D eigenvalue weighted by atomic mass is 16.6. The molecule has 0 aliphatic carbocycles. The minimum Gasteiger partial charge on any atom is -0.507 e. The Balaban J connectivity index is 2.01. The number of nitrogens with zero attached hydrogens (tertiary/aromatic N) is 2. The maximum atomic E-state index is 12.0. The number of hydrogen-bond acceptors (Lipinski definition) is 5. The van der Waals surface area contributed by atoms with E-state index >= 15 is 0 Å². The molecule has 2 aromatic carbocycles. The summed E-state index contributed by atoms with van der Waals surface area (Å²) < 4.78 is 0. The highest BCUT2D eigenvalue weighted by molar-refractivity contribution is 5.79. The Kier molecular flexibility index (Phi) is 3.60. The maximum absolute atomic E-state index is 12.0. The van der Waals surface area contributed by atoms with Crippen LogP contribution in [0.25, 0.3) is 22.9 Å². The molecule has 0 amide bonds. The molecule has 0 radical (unpaired) electrons. The molecular weight excluding hydrogens is 298 g/mol. The van der Waals surface area contributed by atoms with Gasteiger partial charge < -0.3 is 10.1 Å². The van der Waals surface area contributed by atoms with Crippen molar-refractivity contribution < 1.29 is 10.0 Å². The van der Waals surface area contributed by atoms with E-state index in [1.807, 2.05) is 0 Å². The van der Waals surface area contributed by atoms with Crippen molar-refractivity contribution in [1.29, 1.82) is 0 Å². The van der Waals surface area contributed by atoms with Gasteiger partial charge in [-0.25, -0.2) is 4.98 Å². The average molecular weight is 309 g/mol. The highest BCUT2D eigenvalue weighted by Crippen LogP contribution is 2.18. The Morgan fingerprint density at radius 1 is 1.17 bits per heavy atom. The van der Waals surface area contributed by atoms with E-state index in [0.717, 1.165) is 0 Å². The van der Waals surface area contributed by atoms with Crippen molar-refractivity contribution in [2.24, 2.45) is 0 Å². The summed E-state index contributed by atoms with van der Waals surface area (Å²) in [6, 6.07) is 12.4. The third kappa shape index (κ3) is 2.93. The largest absolute Gasteiger partial charge is 0.507 e. The lowest BCUT2D eigenvalue weighted by Crippen LogP contribution is -2.12. The minimum absolute atomic E-state index is 0.0551. The van der Waals surface area contributed by atoms with Gasteiger partial charge in [0.05, 0.1) is 16.0 Å². The SMILES string of the molecule is O=c1[nH]c2ccccc2nc1/C=C(\O)c1ccc([N+](=O)[O-])cc1. The van der Waals surface area contributed by atoms with Gasteiger partial charge in [-0.05, 0) is 24.3 Å². The molecular formula is C16H11N3O4. The average Bonchev–Trinajstić information content (AvgIpc) is 2.55. The first-order valence-corrected chi connectivity index (χ1v) is 6.69. The molecule has 1 aromatic heterocycles. The Bertz CT molecular complexity index is 975. The zero-order valence-corrected chi connectivity index (χ0v) is 11.8. The van der Waals surface area contributed by atoms with Crippen LogP contribution >= 0.6 is 0 Å². The molecule has 0 saturated heterocycles. The number of para-hydroxylation sites is 2. The predicted octanol–water partition coefficient (Wildman–Crippen LogP) is 2.89. The first kappa shape index (κ1) is 14.5. The summed E-state index contributed by atoms with van der Waals surface area (Å²) in [5, 5.41) is 20.7. The van der Waals surface area contributed by atoms with E-state index in [0.29, 0.717) is 16.6 Å². The van der Waals surface area contributed by atoms with Crippen molar-refractivity contribution in [3.63, 3.8) is 0 Å². The molecule has 0 spiro atoms. The quantitative estimate of drug-likeness (QED) is 0.439. The molecule has 0 aliphatic rings. The lowest BCUT2D eigenvalue weighted by Gasteiger charge is -2.01. The van der Waals surface area contributed by atoms with Crippen LogP contribution in [0.4, 0.5) is 5.69 Å². The molecule has 0 bridgehead atoms. The number of aliphatic hydroxyl groups is 1. The molecule has 7 heteroatoms. The predicted molar refractivity (Wildman–Crippen MR) is 86.0 cm³/mol. The molecule has 0 unspecified atom stereocenters. The number of aromatic amines is 1. The molecule has 0 saturated carbocycles. The molecule has 7 nitrogen and oxygen atoms in total. The number of nitrogens with one attached hydrogen (secondary N) is 1. The van der Waals surface area contributed by atoms with E-state index in [1.165, 1.54) is 30.3 Å². The van der Waals surface area contributed by atoms with Crippen LogP contribution in [0.3, 0.4) is 0 Å². The molecule has 0 aliphatic heterocycles. The van der Waals surface area contributed by atoms with Gasteiger partial charge in [0.25, 0.3) is 11.2 Å². The van der Waals surface area contributed by atoms with Crippen LogP contribution in [0, 0.1) is 10.1 Å². The summed E-state index contributed by atoms with van der Waals surface area (Å²) in [7, 11) is 0. The van der Waals surface area contributed by atoms with E-state index in [4.69, 9.17) is 0 Å². The molecule has 0 atom stereocenters. The topological polar surface area (TPSA) is 109 Å². The second-order valence-corrected chi connectivity index (χ2v) is 4.80. The fourth-order valence-electron chi connectivity index (χ4n) is 2.11. The molecule has 114 valence electrons. The first-order chi connectivity index (χ1) is 11.0. The van der Waals surface area contributed by atoms with Gasteiger partial charge in [-0.3, -0.25) is 14.9 Å². The van der Waals surface area contributed by atoms with Gasteiger partial charge in [0.1, 0.15) is 11.5 Å². The molecule has 3 rings (SSSR count). The number of rotatable bonds is 3. The minimum atomic E-state index is -0.528. The zero-order chi connectivity index (χ0) is 16.4. The smallest absolute Gasteiger partial charge is 0.274 e. The third-order valence-corrected chi connectivity index (χ3v) is 3.27. The normalized spacial score (nSPS) is 11.6. The van der Waals surface area contributed by atoms with Crippen molar-refractivity contribution in [3.05, 3.63) is 80.3 Å². The number of nitro groups is 1. The van der Waals surface area contributed by atoms with Crippen LogP contribution in [0.5, 0.6) is 0 Å². The first-order valence-electron chi connectivity index (χ1n) is 6.69. The fraction of sp³-hybridized carbons (Fsp3) is 0. The van der Waals surface area contributed by atoms with Gasteiger partial charge in [0.2, 0.25) is 0 Å². The monoisotopic (exact) mass is 309 g/mol. The number of aliphatic hydroxyl groups excluding tert-OH is 1. The van der Waals surface area contributed by atoms with Crippen LogP contribution in [-0.2, 0) is 0 Å². The summed E-state index contributed by atoms with van der Waals surface area (Å²) in [6.07, 6.45) is 1.23. The standard InChI is InChI=1S/C16H11N3O4/c20-15(10-5-7-11(8-6-10)19(22)23)9-14-16(21)18-13-4-2-1-3-12(13)17-14/h1-9,20H,(H,18,21)/b15-9-. The third-order valence-electron chi connectivity index (χ3n) is 3.27. The number of non-ortho nitro benzene ring substituents is 1. The second-order valence-electron chi connectivity index (χ2n) is 4.80. The zero-order valence-electron chi connectivity index (χ0n) is 11.8. The molecule has 23 heavy (non-hydrogen) atoms. The fourth-order valence-corrected chi connectivity index (χ4v) is 2.11. The lowest BCUT2D eigenvalue weighted by atomic mass is 10.1. The van der Waals surface area contributed by atoms with E-state index in [2.05, 4.69) is 9.97 Å². The van der Waals surface area contributed by atoms with Crippen LogP contribution in [0.15, 0.2) is 53.3 Å². The van der Waals surface area contributed by atoms with Gasteiger partial charge in [-0.15, -0.1) is 0 Å². The van der Waals surface area contributed by atoms with Gasteiger partial charge in [-0.1, -0.05) is 12.1 Å². The molecule has 1 heterocycles. The maximum Gasteiger partial charge on any atom is 0.274 e. The van der Waals surface area contributed by atoms with E-state index < -0.39 is 10.5 Å². The number of benzene rings is 2. The van der Waals surface area contributed by atoms with Crippen molar-refractivity contribution in [1.82, 2.24) is 9.97 Å². The summed E-state index contributed by atoms with van der Waals surface area (Å²) in [5.74, 6) is -0.201. The van der Waals surface area contributed by atoms with E-state index in [9.17, 15) is 20.0 Å². The number of aromatic nitrogens is 2. The summed E-state index contributed by atoms with van der Waals surface area (Å²) in [4.78, 5) is 28.9. The van der Waals surface area contributed by atoms with Crippen molar-refractivity contribution >= 4 is 28.6 Å². The Labute approximate surface area is 129 Å². The van der Waals surface area contributed by atoms with Gasteiger partial charge in [0, 0.05) is 23.8 Å². The Morgan fingerprint density at radius 3 is 2.57 bits per heavy atom.